The van der Waals surface area contributed by atoms with Gasteiger partial charge in [-0.3, -0.25) is 4.79 Å². The number of likely N-dealkylation sites (tertiary alicyclic amines) is 1. The van der Waals surface area contributed by atoms with E-state index in [1.54, 1.807) is 11.8 Å². The van der Waals surface area contributed by atoms with Crippen molar-refractivity contribution in [1.29, 1.82) is 0 Å². The van der Waals surface area contributed by atoms with Crippen LogP contribution < -0.4 is 0 Å². The van der Waals surface area contributed by atoms with Crippen molar-refractivity contribution < 1.29 is 14.3 Å². The Bertz CT molecular complexity index is 427. The van der Waals surface area contributed by atoms with Gasteiger partial charge in [-0.15, -0.1) is 0 Å². The summed E-state index contributed by atoms with van der Waals surface area (Å²) in [4.78, 5) is 28.1. The second-order valence-electron chi connectivity index (χ2n) is 5.55. The molecule has 0 aromatic carbocycles. The Balaban J connectivity index is 3.04. The number of amides is 1. The van der Waals surface area contributed by atoms with Gasteiger partial charge in [0.25, 0.3) is 0 Å². The Morgan fingerprint density at radius 3 is 2.71 bits per heavy atom. The molecule has 118 valence electrons. The minimum atomic E-state index is -0.434. The Hall–Kier alpha value is -1.62. The van der Waals surface area contributed by atoms with Gasteiger partial charge in [-0.05, 0) is 33.9 Å². The van der Waals surface area contributed by atoms with Crippen LogP contribution in [-0.2, 0) is 14.3 Å². The van der Waals surface area contributed by atoms with Crippen molar-refractivity contribution in [3.63, 3.8) is 0 Å². The number of hydrogen-bond acceptors (Lipinski definition) is 4. The first-order valence-electron chi connectivity index (χ1n) is 7.44. The average Bonchev–Trinajstić information content (AvgIpc) is 2.64. The van der Waals surface area contributed by atoms with Crippen LogP contribution in [0.25, 0.3) is 0 Å². The fourth-order valence-corrected chi connectivity index (χ4v) is 2.40. The molecule has 0 spiro atoms. The molecule has 21 heavy (non-hydrogen) atoms. The van der Waals surface area contributed by atoms with Crippen LogP contribution in [0.4, 0.5) is 0 Å². The van der Waals surface area contributed by atoms with Crippen molar-refractivity contribution in [3.05, 3.63) is 24.1 Å². The van der Waals surface area contributed by atoms with Gasteiger partial charge in [-0.1, -0.05) is 13.0 Å². The lowest BCUT2D eigenvalue weighted by Gasteiger charge is -2.26. The molecule has 0 N–H and O–H groups in total. The van der Waals surface area contributed by atoms with Crippen molar-refractivity contribution in [2.45, 2.75) is 39.0 Å². The van der Waals surface area contributed by atoms with Crippen molar-refractivity contribution in [2.75, 3.05) is 27.2 Å². The molecule has 5 nitrogen and oxygen atoms in total. The van der Waals surface area contributed by atoms with Crippen LogP contribution in [0.3, 0.4) is 0 Å². The maximum Gasteiger partial charge on any atom is 0.340 e. The molecule has 1 saturated heterocycles. The van der Waals surface area contributed by atoms with Crippen LogP contribution in [0.1, 0.15) is 39.0 Å². The van der Waals surface area contributed by atoms with Gasteiger partial charge in [0.05, 0.1) is 11.8 Å². The molecule has 1 aliphatic rings. The molecular weight excluding hydrogens is 268 g/mol. The fourth-order valence-electron chi connectivity index (χ4n) is 2.40. The lowest BCUT2D eigenvalue weighted by molar-refractivity contribution is -0.133. The van der Waals surface area contributed by atoms with Gasteiger partial charge in [-0.2, -0.15) is 0 Å². The second-order valence-corrected chi connectivity index (χ2v) is 5.55. The number of carbonyl (C=O) groups is 2. The number of rotatable bonds is 6. The van der Waals surface area contributed by atoms with E-state index in [0.717, 1.165) is 37.8 Å². The van der Waals surface area contributed by atoms with Gasteiger partial charge in [0.1, 0.15) is 0 Å². The van der Waals surface area contributed by atoms with Gasteiger partial charge in [0, 0.05) is 31.6 Å². The summed E-state index contributed by atoms with van der Waals surface area (Å²) in [5, 5.41) is 0. The molecule has 0 saturated carbocycles. The van der Waals surface area contributed by atoms with Crippen LogP contribution >= 0.6 is 0 Å². The van der Waals surface area contributed by atoms with Gasteiger partial charge < -0.3 is 14.5 Å². The number of carbonyl (C=O) groups excluding carboxylic acids is 2. The summed E-state index contributed by atoms with van der Waals surface area (Å²) in [5.74, 6) is -0.331. The molecule has 1 aliphatic heterocycles. The minimum absolute atomic E-state index is 0.104. The standard InChI is InChI=1S/C16H26N2O3/c1-5-21-16(20)13(2)14(10-12-17(3)4)18-11-8-6-7-9-15(18)19/h5H,1,6-12H2,2-4H3. The molecule has 0 aliphatic carbocycles. The first-order valence-corrected chi connectivity index (χ1v) is 7.44. The highest BCUT2D eigenvalue weighted by Crippen LogP contribution is 2.22. The molecule has 0 atom stereocenters. The summed E-state index contributed by atoms with van der Waals surface area (Å²) < 4.78 is 4.86. The third-order valence-corrected chi connectivity index (χ3v) is 3.62. The van der Waals surface area contributed by atoms with Gasteiger partial charge in [0.15, 0.2) is 0 Å². The number of esters is 1. The first kappa shape index (κ1) is 17.4. The Kier molecular flexibility index (Phi) is 7.15. The van der Waals surface area contributed by atoms with Gasteiger partial charge in [-0.25, -0.2) is 4.79 Å². The maximum atomic E-state index is 12.3. The van der Waals surface area contributed by atoms with E-state index in [1.807, 2.05) is 19.0 Å². The summed E-state index contributed by atoms with van der Waals surface area (Å²) >= 11 is 0. The Morgan fingerprint density at radius 2 is 2.10 bits per heavy atom. The van der Waals surface area contributed by atoms with Crippen LogP contribution in [-0.4, -0.2) is 48.9 Å². The van der Waals surface area contributed by atoms with E-state index < -0.39 is 5.97 Å². The third kappa shape index (κ3) is 5.34. The van der Waals surface area contributed by atoms with Crippen molar-refractivity contribution >= 4 is 11.9 Å². The number of ether oxygens (including phenoxy) is 1. The van der Waals surface area contributed by atoms with E-state index >= 15 is 0 Å². The molecule has 0 aromatic heterocycles. The second kappa shape index (κ2) is 8.62. The zero-order valence-corrected chi connectivity index (χ0v) is 13.4. The highest BCUT2D eigenvalue weighted by atomic mass is 16.5. The van der Waals surface area contributed by atoms with Crippen molar-refractivity contribution in [1.82, 2.24) is 9.80 Å². The Morgan fingerprint density at radius 1 is 1.38 bits per heavy atom. The fraction of sp³-hybridized carbons (Fsp3) is 0.625. The summed E-state index contributed by atoms with van der Waals surface area (Å²) in [6, 6.07) is 0. The highest BCUT2D eigenvalue weighted by molar-refractivity contribution is 5.90. The van der Waals surface area contributed by atoms with Crippen molar-refractivity contribution in [3.8, 4) is 0 Å². The van der Waals surface area contributed by atoms with Crippen molar-refractivity contribution in [2.24, 2.45) is 0 Å². The SMILES string of the molecule is C=COC(=O)C(C)=C(CCN(C)C)N1CCCCCC1=O. The van der Waals surface area contributed by atoms with E-state index in [1.165, 1.54) is 0 Å². The molecule has 1 amide bonds. The zero-order chi connectivity index (χ0) is 15.8. The monoisotopic (exact) mass is 294 g/mol. The van der Waals surface area contributed by atoms with Crippen LogP contribution in [0.5, 0.6) is 0 Å². The lowest BCUT2D eigenvalue weighted by atomic mass is 10.1. The first-order chi connectivity index (χ1) is 9.97. The Labute approximate surface area is 127 Å². The van der Waals surface area contributed by atoms with E-state index in [4.69, 9.17) is 4.74 Å². The summed E-state index contributed by atoms with van der Waals surface area (Å²) in [6.45, 7) is 6.58. The maximum absolute atomic E-state index is 12.3. The van der Waals surface area contributed by atoms with E-state index in [-0.39, 0.29) is 5.91 Å². The zero-order valence-electron chi connectivity index (χ0n) is 13.4. The lowest BCUT2D eigenvalue weighted by Crippen LogP contribution is -2.33. The predicted molar refractivity (Wildman–Crippen MR) is 82.3 cm³/mol. The quantitative estimate of drug-likeness (QED) is 0.428. The predicted octanol–water partition coefficient (Wildman–Crippen LogP) is 2.30. The normalized spacial score (nSPS) is 17.3. The van der Waals surface area contributed by atoms with Crippen LogP contribution in [0, 0.1) is 0 Å². The molecule has 0 radical (unpaired) electrons. The van der Waals surface area contributed by atoms with Crippen LogP contribution in [0.2, 0.25) is 0 Å². The molecule has 1 fully saturated rings. The van der Waals surface area contributed by atoms with E-state index in [9.17, 15) is 9.59 Å². The van der Waals surface area contributed by atoms with Gasteiger partial charge in [0.2, 0.25) is 5.91 Å². The van der Waals surface area contributed by atoms with E-state index in [0.29, 0.717) is 25.0 Å². The molecule has 0 aromatic rings. The van der Waals surface area contributed by atoms with Crippen LogP contribution in [0.15, 0.2) is 24.1 Å². The summed E-state index contributed by atoms with van der Waals surface area (Å²) in [7, 11) is 3.94. The highest BCUT2D eigenvalue weighted by Gasteiger charge is 2.24. The number of nitrogens with zero attached hydrogens (tertiary/aromatic N) is 2. The third-order valence-electron chi connectivity index (χ3n) is 3.62. The largest absolute Gasteiger partial charge is 0.432 e. The smallest absolute Gasteiger partial charge is 0.340 e. The minimum Gasteiger partial charge on any atom is -0.432 e. The topological polar surface area (TPSA) is 49.9 Å². The molecule has 1 heterocycles. The molecule has 5 heteroatoms. The average molecular weight is 294 g/mol. The molecule has 0 bridgehead atoms. The van der Waals surface area contributed by atoms with E-state index in [2.05, 4.69) is 6.58 Å². The molecular formula is C16H26N2O3. The molecule has 0 unspecified atom stereocenters. The molecule has 1 rings (SSSR count). The van der Waals surface area contributed by atoms with Gasteiger partial charge >= 0.3 is 5.97 Å². The summed E-state index contributed by atoms with van der Waals surface area (Å²) in [5.41, 5.74) is 1.27. The number of hydrogen-bond donors (Lipinski definition) is 0. The summed E-state index contributed by atoms with van der Waals surface area (Å²) in [6.07, 6.45) is 5.28.